The number of carbonyl (C=O) groups excluding carboxylic acids is 2. The van der Waals surface area contributed by atoms with Gasteiger partial charge in [-0.25, -0.2) is 13.2 Å². The molecule has 0 aliphatic carbocycles. The molecule has 0 radical (unpaired) electrons. The number of sulfone groups is 1. The lowest BCUT2D eigenvalue weighted by atomic mass is 10.00. The molecule has 0 unspecified atom stereocenters. The predicted molar refractivity (Wildman–Crippen MR) is 164 cm³/mol. The molecule has 2 aromatic carbocycles. The molecule has 8 nitrogen and oxygen atoms in total. The molecular formula is C30H39Cl2N3O5S. The van der Waals surface area contributed by atoms with Gasteiger partial charge in [-0.2, -0.15) is 0 Å². The van der Waals surface area contributed by atoms with Crippen molar-refractivity contribution in [3.05, 3.63) is 69.2 Å². The summed E-state index contributed by atoms with van der Waals surface area (Å²) in [6, 6.07) is 7.85. The Morgan fingerprint density at radius 3 is 2.56 bits per heavy atom. The van der Waals surface area contributed by atoms with Crippen LogP contribution in [0.25, 0.3) is 6.08 Å². The summed E-state index contributed by atoms with van der Waals surface area (Å²) in [5.41, 5.74) is 1.74. The third kappa shape index (κ3) is 8.70. The van der Waals surface area contributed by atoms with E-state index in [-0.39, 0.29) is 29.3 Å². The summed E-state index contributed by atoms with van der Waals surface area (Å²) >= 11 is 12.8. The van der Waals surface area contributed by atoms with Gasteiger partial charge < -0.3 is 15.0 Å². The molecule has 1 aliphatic rings. The van der Waals surface area contributed by atoms with Gasteiger partial charge in [0.2, 0.25) is 0 Å². The fraction of sp³-hybridized carbons (Fsp3) is 0.467. The van der Waals surface area contributed by atoms with Crippen LogP contribution in [0, 0.1) is 0 Å². The van der Waals surface area contributed by atoms with E-state index < -0.39 is 21.3 Å². The zero-order valence-electron chi connectivity index (χ0n) is 24.3. The van der Waals surface area contributed by atoms with Crippen LogP contribution >= 0.6 is 23.2 Å². The monoisotopic (exact) mass is 623 g/mol. The quantitative estimate of drug-likeness (QED) is 0.358. The second kappa shape index (κ2) is 13.6. The number of carbonyl (C=O) groups is 2. The highest BCUT2D eigenvalue weighted by atomic mass is 35.5. The average Bonchev–Trinajstić information content (AvgIpc) is 2.91. The number of halogens is 2. The summed E-state index contributed by atoms with van der Waals surface area (Å²) in [5.74, 6) is -0.469. The van der Waals surface area contributed by atoms with Crippen molar-refractivity contribution < 1.29 is 22.7 Å². The number of rotatable bonds is 9. The molecule has 1 atom stereocenters. The third-order valence-corrected chi connectivity index (χ3v) is 9.38. The first kappa shape index (κ1) is 32.9. The van der Waals surface area contributed by atoms with Gasteiger partial charge in [-0.3, -0.25) is 9.69 Å². The lowest BCUT2D eigenvalue weighted by Crippen LogP contribution is -2.49. The van der Waals surface area contributed by atoms with Gasteiger partial charge in [-0.1, -0.05) is 42.8 Å². The Balaban J connectivity index is 1.74. The van der Waals surface area contributed by atoms with Crippen LogP contribution in [0.2, 0.25) is 10.0 Å². The Bertz CT molecular complexity index is 1410. The van der Waals surface area contributed by atoms with Crippen molar-refractivity contribution in [3.8, 4) is 0 Å². The molecule has 11 heteroatoms. The molecule has 0 aromatic heterocycles. The van der Waals surface area contributed by atoms with Crippen molar-refractivity contribution in [2.24, 2.45) is 0 Å². The molecule has 1 N–H and O–H groups in total. The van der Waals surface area contributed by atoms with Gasteiger partial charge in [0.1, 0.15) is 5.60 Å². The average molecular weight is 625 g/mol. The maximum atomic E-state index is 13.1. The van der Waals surface area contributed by atoms with E-state index in [2.05, 4.69) is 16.8 Å². The first-order chi connectivity index (χ1) is 19.1. The fourth-order valence-corrected chi connectivity index (χ4v) is 6.36. The van der Waals surface area contributed by atoms with E-state index in [0.717, 1.165) is 30.5 Å². The van der Waals surface area contributed by atoms with Crippen molar-refractivity contribution >= 4 is 51.1 Å². The van der Waals surface area contributed by atoms with Gasteiger partial charge in [-0.15, -0.1) is 0 Å². The van der Waals surface area contributed by atoms with E-state index in [9.17, 15) is 18.0 Å². The SMILES string of the molecule is C=Cc1cc(C(=O)NCc2cc(Cl)ccc2S(=O)(=O)CC)cc(Cl)c1CN1CCC[C@H](N(C)C(=O)OC(C)(C)C)C1. The molecule has 0 spiro atoms. The van der Waals surface area contributed by atoms with Crippen LogP contribution in [0.3, 0.4) is 0 Å². The van der Waals surface area contributed by atoms with Crippen molar-refractivity contribution in [1.82, 2.24) is 15.1 Å². The van der Waals surface area contributed by atoms with E-state index in [1.165, 1.54) is 12.1 Å². The van der Waals surface area contributed by atoms with Crippen LogP contribution in [0.5, 0.6) is 0 Å². The summed E-state index contributed by atoms with van der Waals surface area (Å²) in [5, 5.41) is 3.59. The largest absolute Gasteiger partial charge is 0.444 e. The molecule has 0 saturated carbocycles. The summed E-state index contributed by atoms with van der Waals surface area (Å²) in [7, 11) is -1.73. The molecule has 0 bridgehead atoms. The zero-order chi connectivity index (χ0) is 30.5. The lowest BCUT2D eigenvalue weighted by Gasteiger charge is -2.38. The number of nitrogens with zero attached hydrogens (tertiary/aromatic N) is 2. The Kier molecular flexibility index (Phi) is 10.9. The smallest absolute Gasteiger partial charge is 0.410 e. The van der Waals surface area contributed by atoms with Crippen LogP contribution in [0.1, 0.15) is 67.6 Å². The van der Waals surface area contributed by atoms with E-state index in [4.69, 9.17) is 27.9 Å². The van der Waals surface area contributed by atoms with Crippen LogP contribution in [-0.4, -0.2) is 67.8 Å². The van der Waals surface area contributed by atoms with Gasteiger partial charge in [-0.05, 0) is 87.2 Å². The maximum Gasteiger partial charge on any atom is 0.410 e. The number of amides is 2. The molecule has 1 heterocycles. The second-order valence-electron chi connectivity index (χ2n) is 11.2. The lowest BCUT2D eigenvalue weighted by molar-refractivity contribution is 0.0130. The summed E-state index contributed by atoms with van der Waals surface area (Å²) < 4.78 is 30.6. The minimum Gasteiger partial charge on any atom is -0.444 e. The van der Waals surface area contributed by atoms with Gasteiger partial charge >= 0.3 is 6.09 Å². The molecule has 1 fully saturated rings. The summed E-state index contributed by atoms with van der Waals surface area (Å²) in [4.78, 5) is 29.7. The number of nitrogens with one attached hydrogen (secondary N) is 1. The molecule has 1 saturated heterocycles. The number of likely N-dealkylation sites (tertiary alicyclic amines) is 1. The number of hydrogen-bond donors (Lipinski definition) is 1. The van der Waals surface area contributed by atoms with Crippen LogP contribution < -0.4 is 5.32 Å². The number of benzene rings is 2. The molecule has 224 valence electrons. The highest BCUT2D eigenvalue weighted by Crippen LogP contribution is 2.28. The van der Waals surface area contributed by atoms with Crippen LogP contribution in [-0.2, 0) is 27.7 Å². The van der Waals surface area contributed by atoms with Gasteiger partial charge in [0.25, 0.3) is 5.91 Å². The summed E-state index contributed by atoms with van der Waals surface area (Å²) in [6.07, 6.45) is 3.11. The third-order valence-electron chi connectivity index (χ3n) is 6.98. The number of hydrogen-bond acceptors (Lipinski definition) is 6. The molecular weight excluding hydrogens is 585 g/mol. The highest BCUT2D eigenvalue weighted by molar-refractivity contribution is 7.91. The van der Waals surface area contributed by atoms with Gasteiger partial charge in [0.15, 0.2) is 9.84 Å². The number of ether oxygens (including phenoxy) is 1. The molecule has 3 rings (SSSR count). The number of piperidine rings is 1. The van der Waals surface area contributed by atoms with Gasteiger partial charge in [0, 0.05) is 48.3 Å². The Morgan fingerprint density at radius 1 is 1.22 bits per heavy atom. The highest BCUT2D eigenvalue weighted by Gasteiger charge is 2.30. The second-order valence-corrected chi connectivity index (χ2v) is 14.3. The first-order valence-electron chi connectivity index (χ1n) is 13.6. The normalized spacial score (nSPS) is 16.2. The minimum atomic E-state index is -3.50. The first-order valence-corrected chi connectivity index (χ1v) is 16.0. The predicted octanol–water partition coefficient (Wildman–Crippen LogP) is 6.19. The van der Waals surface area contributed by atoms with Crippen LogP contribution in [0.4, 0.5) is 4.79 Å². The topological polar surface area (TPSA) is 96.0 Å². The fourth-order valence-electron chi connectivity index (χ4n) is 4.76. The molecule has 2 amide bonds. The molecule has 1 aliphatic heterocycles. The molecule has 41 heavy (non-hydrogen) atoms. The molecule has 2 aromatic rings. The Morgan fingerprint density at radius 2 is 1.93 bits per heavy atom. The summed E-state index contributed by atoms with van der Waals surface area (Å²) in [6.45, 7) is 13.0. The van der Waals surface area contributed by atoms with E-state index in [1.54, 1.807) is 43.1 Å². The standard InChI is InChI=1S/C30H39Cl2N3O5S/c1-7-20-14-21(28(36)33-17-22-15-23(31)11-12-27(22)41(38,39)8-2)16-26(32)25(20)19-35-13-9-10-24(18-35)34(6)29(37)40-30(3,4)5/h7,11-12,14-16,24H,1,8-10,13,17-19H2,2-6H3,(H,33,36)/t24-/m0/s1. The van der Waals surface area contributed by atoms with Crippen molar-refractivity contribution in [2.75, 3.05) is 25.9 Å². The van der Waals surface area contributed by atoms with Gasteiger partial charge in [0.05, 0.1) is 10.6 Å². The van der Waals surface area contributed by atoms with E-state index in [1.807, 2.05) is 20.8 Å². The Labute approximate surface area is 253 Å². The van der Waals surface area contributed by atoms with Crippen molar-refractivity contribution in [2.45, 2.75) is 70.2 Å². The maximum absolute atomic E-state index is 13.1. The van der Waals surface area contributed by atoms with E-state index in [0.29, 0.717) is 34.3 Å². The van der Waals surface area contributed by atoms with Crippen molar-refractivity contribution in [3.63, 3.8) is 0 Å². The zero-order valence-corrected chi connectivity index (χ0v) is 26.6. The minimum absolute atomic E-state index is 0.00233. The Hall–Kier alpha value is -2.59. The number of likely N-dealkylation sites (N-methyl/N-ethyl adjacent to an activating group) is 1. The van der Waals surface area contributed by atoms with Crippen molar-refractivity contribution in [1.29, 1.82) is 0 Å². The van der Waals surface area contributed by atoms with Crippen LogP contribution in [0.15, 0.2) is 41.8 Å². The van der Waals surface area contributed by atoms with E-state index >= 15 is 0 Å².